The molecule has 1 heterocycles. The van der Waals surface area contributed by atoms with Crippen LogP contribution in [0, 0.1) is 0 Å². The Hall–Kier alpha value is -1.61. The van der Waals surface area contributed by atoms with Crippen LogP contribution in [0.4, 0.5) is 0 Å². The van der Waals surface area contributed by atoms with E-state index in [2.05, 4.69) is 74.1 Å². The van der Waals surface area contributed by atoms with Gasteiger partial charge in [0.1, 0.15) is 0 Å². The molecule has 0 aliphatic rings. The van der Waals surface area contributed by atoms with Gasteiger partial charge in [0.2, 0.25) is 0 Å². The smallest absolute Gasteiger partial charge is 0.0740 e. The number of rotatable bonds is 6. The van der Waals surface area contributed by atoms with Gasteiger partial charge in [-0.3, -0.25) is 4.68 Å². The first-order valence-electron chi connectivity index (χ1n) is 7.85. The van der Waals surface area contributed by atoms with E-state index in [1.165, 1.54) is 16.6 Å². The van der Waals surface area contributed by atoms with Crippen molar-refractivity contribution >= 4 is 10.9 Å². The Morgan fingerprint density at radius 2 is 1.95 bits per heavy atom. The molecule has 3 heteroatoms. The number of nitrogens with one attached hydrogen (secondary N) is 1. The molecule has 0 saturated heterocycles. The van der Waals surface area contributed by atoms with Crippen molar-refractivity contribution in [2.24, 2.45) is 0 Å². The average molecular weight is 285 g/mol. The SMILES string of the molecule is CCn1nc(CC=CCCNC(C)(C)C)c2ccccc21. The number of hydrogen-bond acceptors (Lipinski definition) is 2. The van der Waals surface area contributed by atoms with E-state index >= 15 is 0 Å². The third kappa shape index (κ3) is 4.43. The fourth-order valence-electron chi connectivity index (χ4n) is 2.43. The van der Waals surface area contributed by atoms with E-state index in [0.29, 0.717) is 0 Å². The van der Waals surface area contributed by atoms with Gasteiger partial charge in [-0.05, 0) is 46.7 Å². The van der Waals surface area contributed by atoms with E-state index < -0.39 is 0 Å². The molecule has 21 heavy (non-hydrogen) atoms. The topological polar surface area (TPSA) is 29.9 Å². The molecule has 0 aliphatic carbocycles. The highest BCUT2D eigenvalue weighted by atomic mass is 15.3. The Balaban J connectivity index is 1.94. The Labute approximate surface area is 128 Å². The van der Waals surface area contributed by atoms with Gasteiger partial charge in [0.15, 0.2) is 0 Å². The van der Waals surface area contributed by atoms with Crippen LogP contribution in [0.3, 0.4) is 0 Å². The van der Waals surface area contributed by atoms with Crippen LogP contribution >= 0.6 is 0 Å². The zero-order valence-corrected chi connectivity index (χ0v) is 13.7. The van der Waals surface area contributed by atoms with Crippen LogP contribution in [0.15, 0.2) is 36.4 Å². The highest BCUT2D eigenvalue weighted by molar-refractivity contribution is 5.82. The molecule has 0 saturated carbocycles. The molecule has 0 bridgehead atoms. The molecule has 2 rings (SSSR count). The number of allylic oxidation sites excluding steroid dienone is 1. The third-order valence-electron chi connectivity index (χ3n) is 3.48. The number of fused-ring (bicyclic) bond motifs is 1. The molecule has 2 aromatic rings. The van der Waals surface area contributed by atoms with Crippen LogP contribution in [-0.4, -0.2) is 21.9 Å². The minimum Gasteiger partial charge on any atom is -0.312 e. The molecule has 0 amide bonds. The van der Waals surface area contributed by atoms with Crippen molar-refractivity contribution in [2.75, 3.05) is 6.54 Å². The van der Waals surface area contributed by atoms with Crippen molar-refractivity contribution in [3.05, 3.63) is 42.1 Å². The number of benzene rings is 1. The Morgan fingerprint density at radius 3 is 2.67 bits per heavy atom. The first-order chi connectivity index (χ1) is 10.0. The quantitative estimate of drug-likeness (QED) is 0.643. The molecule has 0 spiro atoms. The Bertz CT molecular complexity index is 602. The second-order valence-electron chi connectivity index (χ2n) is 6.42. The van der Waals surface area contributed by atoms with Crippen LogP contribution < -0.4 is 5.32 Å². The maximum atomic E-state index is 4.71. The van der Waals surface area contributed by atoms with Crippen LogP contribution in [-0.2, 0) is 13.0 Å². The maximum absolute atomic E-state index is 4.71. The molecule has 0 radical (unpaired) electrons. The summed E-state index contributed by atoms with van der Waals surface area (Å²) >= 11 is 0. The molecule has 114 valence electrons. The van der Waals surface area contributed by atoms with Gasteiger partial charge in [-0.15, -0.1) is 0 Å². The molecule has 0 unspecified atom stereocenters. The fraction of sp³-hybridized carbons (Fsp3) is 0.500. The monoisotopic (exact) mass is 285 g/mol. The molecule has 3 nitrogen and oxygen atoms in total. The van der Waals surface area contributed by atoms with Crippen LogP contribution in [0.2, 0.25) is 0 Å². The summed E-state index contributed by atoms with van der Waals surface area (Å²) in [6, 6.07) is 8.48. The van der Waals surface area contributed by atoms with Crippen LogP contribution in [0.1, 0.15) is 39.8 Å². The summed E-state index contributed by atoms with van der Waals surface area (Å²) in [5.74, 6) is 0. The summed E-state index contributed by atoms with van der Waals surface area (Å²) in [6.45, 7) is 10.7. The summed E-state index contributed by atoms with van der Waals surface area (Å²) in [5, 5.41) is 9.48. The van der Waals surface area contributed by atoms with Gasteiger partial charge in [0.25, 0.3) is 0 Å². The second-order valence-corrected chi connectivity index (χ2v) is 6.42. The molecule has 0 atom stereocenters. The van der Waals surface area contributed by atoms with Crippen molar-refractivity contribution in [3.63, 3.8) is 0 Å². The molecule has 0 fully saturated rings. The third-order valence-corrected chi connectivity index (χ3v) is 3.48. The molecular weight excluding hydrogens is 258 g/mol. The van der Waals surface area contributed by atoms with Gasteiger partial charge >= 0.3 is 0 Å². The lowest BCUT2D eigenvalue weighted by Gasteiger charge is -2.19. The molecular formula is C18H27N3. The van der Waals surface area contributed by atoms with Gasteiger partial charge in [-0.1, -0.05) is 30.4 Å². The largest absolute Gasteiger partial charge is 0.312 e. The summed E-state index contributed by atoms with van der Waals surface area (Å²) in [6.07, 6.45) is 6.45. The summed E-state index contributed by atoms with van der Waals surface area (Å²) < 4.78 is 2.08. The number of hydrogen-bond donors (Lipinski definition) is 1. The zero-order chi connectivity index (χ0) is 15.3. The lowest BCUT2D eigenvalue weighted by Crippen LogP contribution is -2.36. The normalized spacial score (nSPS) is 12.6. The van der Waals surface area contributed by atoms with Crippen molar-refractivity contribution in [1.29, 1.82) is 0 Å². The summed E-state index contributed by atoms with van der Waals surface area (Å²) in [5.41, 5.74) is 2.61. The molecule has 0 aliphatic heterocycles. The van der Waals surface area contributed by atoms with Crippen molar-refractivity contribution in [3.8, 4) is 0 Å². The molecule has 1 aromatic carbocycles. The number of nitrogens with zero attached hydrogens (tertiary/aromatic N) is 2. The van der Waals surface area contributed by atoms with Gasteiger partial charge in [0.05, 0.1) is 11.2 Å². The van der Waals surface area contributed by atoms with E-state index in [4.69, 9.17) is 5.10 Å². The lowest BCUT2D eigenvalue weighted by molar-refractivity contribution is 0.431. The minimum atomic E-state index is 0.198. The van der Waals surface area contributed by atoms with Crippen LogP contribution in [0.25, 0.3) is 10.9 Å². The fourth-order valence-corrected chi connectivity index (χ4v) is 2.43. The van der Waals surface area contributed by atoms with Crippen molar-refractivity contribution < 1.29 is 0 Å². The van der Waals surface area contributed by atoms with Gasteiger partial charge in [0, 0.05) is 23.9 Å². The summed E-state index contributed by atoms with van der Waals surface area (Å²) in [4.78, 5) is 0. The van der Waals surface area contributed by atoms with Crippen molar-refractivity contribution in [1.82, 2.24) is 15.1 Å². The van der Waals surface area contributed by atoms with Gasteiger partial charge < -0.3 is 5.32 Å². The van der Waals surface area contributed by atoms with E-state index in [0.717, 1.165) is 25.9 Å². The van der Waals surface area contributed by atoms with E-state index in [1.54, 1.807) is 0 Å². The maximum Gasteiger partial charge on any atom is 0.0740 e. The number of aromatic nitrogens is 2. The summed E-state index contributed by atoms with van der Waals surface area (Å²) in [7, 11) is 0. The first-order valence-corrected chi connectivity index (χ1v) is 7.85. The van der Waals surface area contributed by atoms with E-state index in [1.807, 2.05) is 0 Å². The highest BCUT2D eigenvalue weighted by Crippen LogP contribution is 2.19. The standard InChI is InChI=1S/C18H27N3/c1-5-21-17-13-9-8-11-15(17)16(20-21)12-7-6-10-14-19-18(2,3)4/h6-9,11,13,19H,5,10,12,14H2,1-4H3. The van der Waals surface area contributed by atoms with Gasteiger partial charge in [-0.2, -0.15) is 5.10 Å². The predicted molar refractivity (Wildman–Crippen MR) is 90.6 cm³/mol. The van der Waals surface area contributed by atoms with Crippen molar-refractivity contribution in [2.45, 2.75) is 52.6 Å². The minimum absolute atomic E-state index is 0.198. The number of aryl methyl sites for hydroxylation is 1. The van der Waals surface area contributed by atoms with Gasteiger partial charge in [-0.25, -0.2) is 0 Å². The predicted octanol–water partition coefficient (Wildman–Crippen LogP) is 3.93. The highest BCUT2D eigenvalue weighted by Gasteiger charge is 2.08. The van der Waals surface area contributed by atoms with Crippen LogP contribution in [0.5, 0.6) is 0 Å². The molecule has 1 N–H and O–H groups in total. The lowest BCUT2D eigenvalue weighted by atomic mass is 10.1. The zero-order valence-electron chi connectivity index (χ0n) is 13.7. The first kappa shape index (κ1) is 15.8. The molecule has 1 aromatic heterocycles. The Kier molecular flexibility index (Phi) is 5.18. The number of para-hydroxylation sites is 1. The second kappa shape index (κ2) is 6.90. The van der Waals surface area contributed by atoms with E-state index in [9.17, 15) is 0 Å². The Morgan fingerprint density at radius 1 is 1.19 bits per heavy atom. The average Bonchev–Trinajstić information content (AvgIpc) is 2.80. The van der Waals surface area contributed by atoms with E-state index in [-0.39, 0.29) is 5.54 Å².